The van der Waals surface area contributed by atoms with Crippen molar-refractivity contribution in [1.29, 1.82) is 0 Å². The number of pyridine rings is 1. The van der Waals surface area contributed by atoms with E-state index in [0.717, 1.165) is 19.5 Å². The van der Waals surface area contributed by atoms with Crippen LogP contribution in [0.3, 0.4) is 0 Å². The lowest BCUT2D eigenvalue weighted by Gasteiger charge is -2.30. The number of benzene rings is 1. The quantitative estimate of drug-likeness (QED) is 0.610. The number of hydrogen-bond acceptors (Lipinski definition) is 6. The summed E-state index contributed by atoms with van der Waals surface area (Å²) in [4.78, 5) is 31.1. The van der Waals surface area contributed by atoms with Crippen LogP contribution in [0.15, 0.2) is 48.8 Å². The summed E-state index contributed by atoms with van der Waals surface area (Å²) in [5.74, 6) is 1.27. The molecule has 0 spiro atoms. The van der Waals surface area contributed by atoms with Gasteiger partial charge in [-0.2, -0.15) is 5.10 Å². The Morgan fingerprint density at radius 1 is 1.06 bits per heavy atom. The van der Waals surface area contributed by atoms with Crippen molar-refractivity contribution in [2.45, 2.75) is 26.4 Å². The third-order valence-electron chi connectivity index (χ3n) is 4.82. The lowest BCUT2D eigenvalue weighted by atomic mass is 10.1. The first kappa shape index (κ1) is 21.4. The number of anilines is 1. The lowest BCUT2D eigenvalue weighted by Crippen LogP contribution is -2.42. The number of hydrogen-bond donors (Lipinski definition) is 1. The van der Waals surface area contributed by atoms with E-state index in [4.69, 9.17) is 9.47 Å². The van der Waals surface area contributed by atoms with Crippen LogP contribution in [-0.4, -0.2) is 50.7 Å². The summed E-state index contributed by atoms with van der Waals surface area (Å²) in [5, 5.41) is 6.92. The molecule has 4 rings (SSSR count). The van der Waals surface area contributed by atoms with Gasteiger partial charge in [-0.25, -0.2) is 4.98 Å². The molecule has 3 heterocycles. The van der Waals surface area contributed by atoms with Gasteiger partial charge < -0.3 is 19.7 Å². The average Bonchev–Trinajstić information content (AvgIpc) is 3.11. The standard InChI is InChI=1S/C23H25N5O4/c1-15(2)31-18-11-17(22(29)25-20-7-10-27(3)26-20)12-19(13-18)32-21-6-5-16(14-24-21)23(30)28-8-4-9-28/h5-7,10-15H,4,8-9H2,1-3H3,(H,25,26,29). The minimum Gasteiger partial charge on any atom is -0.491 e. The zero-order valence-corrected chi connectivity index (χ0v) is 18.2. The normalized spacial score (nSPS) is 12.9. The number of amides is 2. The van der Waals surface area contributed by atoms with E-state index in [9.17, 15) is 9.59 Å². The summed E-state index contributed by atoms with van der Waals surface area (Å²) >= 11 is 0. The van der Waals surface area contributed by atoms with E-state index in [1.54, 1.807) is 59.2 Å². The number of likely N-dealkylation sites (tertiary alicyclic amines) is 1. The van der Waals surface area contributed by atoms with E-state index in [1.807, 2.05) is 13.8 Å². The minimum atomic E-state index is -0.341. The van der Waals surface area contributed by atoms with E-state index >= 15 is 0 Å². The largest absolute Gasteiger partial charge is 0.491 e. The maximum absolute atomic E-state index is 12.8. The van der Waals surface area contributed by atoms with Crippen LogP contribution < -0.4 is 14.8 Å². The first-order valence-electron chi connectivity index (χ1n) is 10.4. The highest BCUT2D eigenvalue weighted by Crippen LogP contribution is 2.28. The second kappa shape index (κ2) is 9.09. The molecule has 0 bridgehead atoms. The molecule has 0 atom stereocenters. The summed E-state index contributed by atoms with van der Waals surface area (Å²) < 4.78 is 13.3. The molecule has 166 valence electrons. The predicted octanol–water partition coefficient (Wildman–Crippen LogP) is 3.49. The molecule has 1 saturated heterocycles. The van der Waals surface area contributed by atoms with Crippen molar-refractivity contribution in [3.63, 3.8) is 0 Å². The molecule has 1 aliphatic rings. The molecule has 0 unspecified atom stereocenters. The Morgan fingerprint density at radius 2 is 1.84 bits per heavy atom. The Hall–Kier alpha value is -3.88. The van der Waals surface area contributed by atoms with E-state index in [-0.39, 0.29) is 17.9 Å². The number of aryl methyl sites for hydroxylation is 1. The van der Waals surface area contributed by atoms with Gasteiger partial charge in [0, 0.05) is 56.3 Å². The Bertz CT molecular complexity index is 1120. The van der Waals surface area contributed by atoms with Crippen LogP contribution in [0.5, 0.6) is 17.4 Å². The molecule has 1 aromatic carbocycles. The molecule has 0 radical (unpaired) electrons. The number of carbonyl (C=O) groups is 2. The minimum absolute atomic E-state index is 0.0314. The molecule has 1 fully saturated rings. The van der Waals surface area contributed by atoms with Crippen LogP contribution in [-0.2, 0) is 7.05 Å². The van der Waals surface area contributed by atoms with Crippen molar-refractivity contribution < 1.29 is 19.1 Å². The number of nitrogens with one attached hydrogen (secondary N) is 1. The molecule has 2 aromatic heterocycles. The second-order valence-corrected chi connectivity index (χ2v) is 7.82. The Kier molecular flexibility index (Phi) is 6.07. The van der Waals surface area contributed by atoms with Crippen molar-refractivity contribution in [3.05, 3.63) is 59.9 Å². The number of nitrogens with zero attached hydrogens (tertiary/aromatic N) is 4. The van der Waals surface area contributed by atoms with Gasteiger partial charge in [0.25, 0.3) is 11.8 Å². The molecule has 9 heteroatoms. The van der Waals surface area contributed by atoms with Gasteiger partial charge in [0.1, 0.15) is 11.5 Å². The van der Waals surface area contributed by atoms with Gasteiger partial charge in [0.05, 0.1) is 11.7 Å². The summed E-state index contributed by atoms with van der Waals surface area (Å²) in [5.41, 5.74) is 0.873. The van der Waals surface area contributed by atoms with Crippen LogP contribution in [0.25, 0.3) is 0 Å². The molecule has 0 saturated carbocycles. The fraction of sp³-hybridized carbons (Fsp3) is 0.304. The second-order valence-electron chi connectivity index (χ2n) is 7.82. The number of ether oxygens (including phenoxy) is 2. The summed E-state index contributed by atoms with van der Waals surface area (Å²) in [6.45, 7) is 5.36. The fourth-order valence-electron chi connectivity index (χ4n) is 3.16. The Morgan fingerprint density at radius 3 is 2.44 bits per heavy atom. The van der Waals surface area contributed by atoms with Crippen LogP contribution in [0.1, 0.15) is 41.0 Å². The first-order chi connectivity index (χ1) is 15.4. The van der Waals surface area contributed by atoms with Gasteiger partial charge >= 0.3 is 0 Å². The van der Waals surface area contributed by atoms with Gasteiger partial charge in [0.15, 0.2) is 5.82 Å². The predicted molar refractivity (Wildman–Crippen MR) is 118 cm³/mol. The lowest BCUT2D eigenvalue weighted by molar-refractivity contribution is 0.0651. The maximum Gasteiger partial charge on any atom is 0.257 e. The van der Waals surface area contributed by atoms with Crippen molar-refractivity contribution in [2.24, 2.45) is 7.05 Å². The van der Waals surface area contributed by atoms with Crippen molar-refractivity contribution in [1.82, 2.24) is 19.7 Å². The topological polar surface area (TPSA) is 98.6 Å². The number of aromatic nitrogens is 3. The molecule has 9 nitrogen and oxygen atoms in total. The SMILES string of the molecule is CC(C)Oc1cc(Oc2ccc(C(=O)N3CCC3)cn2)cc(C(=O)Nc2ccn(C)n2)c1. The summed E-state index contributed by atoms with van der Waals surface area (Å²) in [6.07, 6.45) is 4.19. The molecule has 2 amide bonds. The molecular formula is C23H25N5O4. The van der Waals surface area contributed by atoms with Crippen molar-refractivity contribution in [2.75, 3.05) is 18.4 Å². The van der Waals surface area contributed by atoms with Gasteiger partial charge in [-0.05, 0) is 38.5 Å². The monoisotopic (exact) mass is 435 g/mol. The molecule has 0 aliphatic carbocycles. The van der Waals surface area contributed by atoms with E-state index in [1.165, 1.54) is 6.20 Å². The van der Waals surface area contributed by atoms with Crippen LogP contribution in [0.2, 0.25) is 0 Å². The Labute approximate surface area is 186 Å². The smallest absolute Gasteiger partial charge is 0.257 e. The summed E-state index contributed by atoms with van der Waals surface area (Å²) in [6, 6.07) is 9.97. The van der Waals surface area contributed by atoms with Gasteiger partial charge in [0.2, 0.25) is 5.88 Å². The number of rotatable bonds is 7. The van der Waals surface area contributed by atoms with Crippen LogP contribution in [0, 0.1) is 0 Å². The third kappa shape index (κ3) is 5.05. The molecule has 32 heavy (non-hydrogen) atoms. The maximum atomic E-state index is 12.8. The highest BCUT2D eigenvalue weighted by molar-refractivity contribution is 6.04. The van der Waals surface area contributed by atoms with Gasteiger partial charge in [-0.3, -0.25) is 14.3 Å². The highest BCUT2D eigenvalue weighted by Gasteiger charge is 2.22. The highest BCUT2D eigenvalue weighted by atomic mass is 16.5. The summed E-state index contributed by atoms with van der Waals surface area (Å²) in [7, 11) is 1.77. The van der Waals surface area contributed by atoms with Crippen molar-refractivity contribution in [3.8, 4) is 17.4 Å². The van der Waals surface area contributed by atoms with Crippen LogP contribution >= 0.6 is 0 Å². The fourth-order valence-corrected chi connectivity index (χ4v) is 3.16. The first-order valence-corrected chi connectivity index (χ1v) is 10.4. The zero-order chi connectivity index (χ0) is 22.7. The van der Waals surface area contributed by atoms with E-state index in [0.29, 0.717) is 34.3 Å². The van der Waals surface area contributed by atoms with Gasteiger partial charge in [-0.1, -0.05) is 0 Å². The van der Waals surface area contributed by atoms with Gasteiger partial charge in [-0.15, -0.1) is 0 Å². The van der Waals surface area contributed by atoms with E-state index in [2.05, 4.69) is 15.4 Å². The average molecular weight is 435 g/mol. The number of carbonyl (C=O) groups excluding carboxylic acids is 2. The third-order valence-corrected chi connectivity index (χ3v) is 4.82. The molecule has 1 N–H and O–H groups in total. The Balaban J connectivity index is 1.53. The van der Waals surface area contributed by atoms with E-state index < -0.39 is 0 Å². The van der Waals surface area contributed by atoms with Crippen LogP contribution in [0.4, 0.5) is 5.82 Å². The molecule has 3 aromatic rings. The molecule has 1 aliphatic heterocycles. The molecular weight excluding hydrogens is 410 g/mol. The zero-order valence-electron chi connectivity index (χ0n) is 18.2. The van der Waals surface area contributed by atoms with Crippen molar-refractivity contribution >= 4 is 17.6 Å².